The Hall–Kier alpha value is -2.66. The van der Waals surface area contributed by atoms with Gasteiger partial charge in [-0.15, -0.1) is 16.8 Å². The molecule has 0 saturated carbocycles. The summed E-state index contributed by atoms with van der Waals surface area (Å²) in [7, 11) is 0. The van der Waals surface area contributed by atoms with Gasteiger partial charge >= 0.3 is 0 Å². The molecule has 0 radical (unpaired) electrons. The molecule has 0 fully saturated rings. The van der Waals surface area contributed by atoms with Crippen LogP contribution in [0.3, 0.4) is 0 Å². The van der Waals surface area contributed by atoms with Gasteiger partial charge in [0.1, 0.15) is 0 Å². The van der Waals surface area contributed by atoms with E-state index >= 15 is 0 Å². The van der Waals surface area contributed by atoms with Crippen LogP contribution in [-0.2, 0) is 6.54 Å². The van der Waals surface area contributed by atoms with E-state index in [1.807, 2.05) is 72.2 Å². The molecular formula is C20H19N3OS. The highest BCUT2D eigenvalue weighted by Crippen LogP contribution is 2.26. The first-order valence-electron chi connectivity index (χ1n) is 8.02. The maximum atomic E-state index is 12.3. The fraction of sp³-hybridized carbons (Fsp3) is 0.150. The van der Waals surface area contributed by atoms with E-state index in [1.54, 1.807) is 0 Å². The number of aromatic nitrogens is 3. The highest BCUT2D eigenvalue weighted by molar-refractivity contribution is 7.99. The van der Waals surface area contributed by atoms with Crippen molar-refractivity contribution >= 4 is 17.5 Å². The summed E-state index contributed by atoms with van der Waals surface area (Å²) >= 11 is 1.40. The predicted octanol–water partition coefficient (Wildman–Crippen LogP) is 4.41. The minimum atomic E-state index is 0.0798. The van der Waals surface area contributed by atoms with Gasteiger partial charge in [0.25, 0.3) is 0 Å². The molecule has 0 amide bonds. The lowest BCUT2D eigenvalue weighted by atomic mass is 10.1. The van der Waals surface area contributed by atoms with Gasteiger partial charge < -0.3 is 0 Å². The van der Waals surface area contributed by atoms with E-state index in [0.717, 1.165) is 22.1 Å². The summed E-state index contributed by atoms with van der Waals surface area (Å²) in [4.78, 5) is 12.3. The second kappa shape index (κ2) is 7.94. The molecular weight excluding hydrogens is 330 g/mol. The lowest BCUT2D eigenvalue weighted by Gasteiger charge is -2.09. The van der Waals surface area contributed by atoms with Crippen LogP contribution in [0.5, 0.6) is 0 Å². The van der Waals surface area contributed by atoms with Crippen LogP contribution in [0.2, 0.25) is 0 Å². The Morgan fingerprint density at radius 1 is 1.12 bits per heavy atom. The Balaban J connectivity index is 1.84. The third kappa shape index (κ3) is 3.88. The van der Waals surface area contributed by atoms with Gasteiger partial charge in [0.05, 0.1) is 5.75 Å². The Labute approximate surface area is 151 Å². The van der Waals surface area contributed by atoms with Crippen molar-refractivity contribution in [2.24, 2.45) is 0 Å². The molecule has 25 heavy (non-hydrogen) atoms. The van der Waals surface area contributed by atoms with E-state index in [1.165, 1.54) is 11.8 Å². The molecule has 5 heteroatoms. The molecule has 0 bridgehead atoms. The van der Waals surface area contributed by atoms with Gasteiger partial charge in [0.15, 0.2) is 16.8 Å². The summed E-state index contributed by atoms with van der Waals surface area (Å²) < 4.78 is 2.00. The van der Waals surface area contributed by atoms with Crippen molar-refractivity contribution in [3.05, 3.63) is 78.4 Å². The second-order valence-electron chi connectivity index (χ2n) is 5.60. The molecule has 3 rings (SSSR count). The van der Waals surface area contributed by atoms with E-state index in [9.17, 15) is 4.79 Å². The summed E-state index contributed by atoms with van der Waals surface area (Å²) in [6.45, 7) is 6.47. The molecule has 0 aliphatic rings. The molecule has 0 saturated heterocycles. The predicted molar refractivity (Wildman–Crippen MR) is 102 cm³/mol. The Kier molecular flexibility index (Phi) is 5.46. The van der Waals surface area contributed by atoms with Crippen LogP contribution in [0, 0.1) is 6.92 Å². The number of Topliss-reactive ketones (excluding diaryl/α,β-unsaturated/α-hetero) is 1. The van der Waals surface area contributed by atoms with Crippen molar-refractivity contribution < 1.29 is 4.79 Å². The minimum Gasteiger partial charge on any atom is -0.298 e. The first-order chi connectivity index (χ1) is 12.2. The maximum Gasteiger partial charge on any atom is 0.192 e. The van der Waals surface area contributed by atoms with Crippen LogP contribution in [0.4, 0.5) is 0 Å². The van der Waals surface area contributed by atoms with Crippen molar-refractivity contribution in [1.29, 1.82) is 0 Å². The van der Waals surface area contributed by atoms with Gasteiger partial charge in [0.2, 0.25) is 0 Å². The molecule has 0 N–H and O–H groups in total. The standard InChI is InChI=1S/C20H19N3OS/c1-3-13-23-19(17-12-8-7-9-15(17)2)21-22-20(23)25-14-18(24)16-10-5-4-6-11-16/h3-12H,1,13-14H2,2H3. The Morgan fingerprint density at radius 2 is 1.84 bits per heavy atom. The molecule has 2 aromatic carbocycles. The largest absolute Gasteiger partial charge is 0.298 e. The number of aryl methyl sites for hydroxylation is 1. The van der Waals surface area contributed by atoms with E-state index in [4.69, 9.17) is 0 Å². The van der Waals surface area contributed by atoms with E-state index in [-0.39, 0.29) is 5.78 Å². The number of carbonyl (C=O) groups is 1. The van der Waals surface area contributed by atoms with Gasteiger partial charge in [-0.05, 0) is 12.5 Å². The summed E-state index contributed by atoms with van der Waals surface area (Å²) in [5, 5.41) is 9.37. The Bertz CT molecular complexity index is 887. The maximum absolute atomic E-state index is 12.3. The molecule has 1 aromatic heterocycles. The molecule has 4 nitrogen and oxygen atoms in total. The monoisotopic (exact) mass is 349 g/mol. The van der Waals surface area contributed by atoms with Crippen LogP contribution >= 0.6 is 11.8 Å². The van der Waals surface area contributed by atoms with Crippen molar-refractivity contribution in [1.82, 2.24) is 14.8 Å². The van der Waals surface area contributed by atoms with Crippen molar-refractivity contribution in [3.8, 4) is 11.4 Å². The quantitative estimate of drug-likeness (QED) is 0.360. The first-order valence-corrected chi connectivity index (χ1v) is 9.00. The number of hydrogen-bond donors (Lipinski definition) is 0. The molecule has 0 aliphatic carbocycles. The van der Waals surface area contributed by atoms with E-state index in [0.29, 0.717) is 17.9 Å². The average Bonchev–Trinajstić information content (AvgIpc) is 3.04. The zero-order chi connectivity index (χ0) is 17.6. The van der Waals surface area contributed by atoms with Gasteiger partial charge in [-0.3, -0.25) is 9.36 Å². The number of rotatable bonds is 7. The van der Waals surface area contributed by atoms with Gasteiger partial charge in [-0.25, -0.2) is 0 Å². The fourth-order valence-electron chi connectivity index (χ4n) is 2.55. The van der Waals surface area contributed by atoms with Gasteiger partial charge in [-0.1, -0.05) is 72.4 Å². The molecule has 0 spiro atoms. The number of ketones is 1. The molecule has 0 atom stereocenters. The van der Waals surface area contributed by atoms with Crippen LogP contribution in [0.1, 0.15) is 15.9 Å². The highest BCUT2D eigenvalue weighted by Gasteiger charge is 2.16. The number of benzene rings is 2. The topological polar surface area (TPSA) is 47.8 Å². The van der Waals surface area contributed by atoms with Crippen LogP contribution < -0.4 is 0 Å². The zero-order valence-electron chi connectivity index (χ0n) is 14.1. The van der Waals surface area contributed by atoms with E-state index < -0.39 is 0 Å². The number of nitrogens with zero attached hydrogens (tertiary/aromatic N) is 3. The smallest absolute Gasteiger partial charge is 0.192 e. The van der Waals surface area contributed by atoms with Crippen molar-refractivity contribution in [2.75, 3.05) is 5.75 Å². The second-order valence-corrected chi connectivity index (χ2v) is 6.54. The van der Waals surface area contributed by atoms with Crippen molar-refractivity contribution in [2.45, 2.75) is 18.6 Å². The van der Waals surface area contributed by atoms with Gasteiger partial charge in [-0.2, -0.15) is 0 Å². The lowest BCUT2D eigenvalue weighted by molar-refractivity contribution is 0.102. The van der Waals surface area contributed by atoms with Gasteiger partial charge in [0, 0.05) is 17.7 Å². The first kappa shape index (κ1) is 17.2. The minimum absolute atomic E-state index is 0.0798. The molecule has 0 aliphatic heterocycles. The highest BCUT2D eigenvalue weighted by atomic mass is 32.2. The summed E-state index contributed by atoms with van der Waals surface area (Å²) in [6.07, 6.45) is 1.81. The molecule has 0 unspecified atom stereocenters. The average molecular weight is 349 g/mol. The summed E-state index contributed by atoms with van der Waals surface area (Å²) in [5.74, 6) is 1.21. The number of hydrogen-bond acceptors (Lipinski definition) is 4. The Morgan fingerprint density at radius 3 is 2.56 bits per heavy atom. The van der Waals surface area contributed by atoms with Crippen LogP contribution in [0.15, 0.2) is 72.4 Å². The molecule has 3 aromatic rings. The van der Waals surface area contributed by atoms with E-state index in [2.05, 4.69) is 16.8 Å². The lowest BCUT2D eigenvalue weighted by Crippen LogP contribution is -2.05. The third-order valence-electron chi connectivity index (χ3n) is 3.84. The van der Waals surface area contributed by atoms with Crippen molar-refractivity contribution in [3.63, 3.8) is 0 Å². The molecule has 126 valence electrons. The number of carbonyl (C=O) groups excluding carboxylic acids is 1. The zero-order valence-corrected chi connectivity index (χ0v) is 14.9. The van der Waals surface area contributed by atoms with Crippen LogP contribution in [-0.4, -0.2) is 26.3 Å². The SMILES string of the molecule is C=CCn1c(SCC(=O)c2ccccc2)nnc1-c1ccccc1C. The summed E-state index contributed by atoms with van der Waals surface area (Å²) in [5.41, 5.74) is 2.89. The summed E-state index contributed by atoms with van der Waals surface area (Å²) in [6, 6.07) is 17.4. The van der Waals surface area contributed by atoms with Crippen LogP contribution in [0.25, 0.3) is 11.4 Å². The number of thioether (sulfide) groups is 1. The third-order valence-corrected chi connectivity index (χ3v) is 4.81. The normalized spacial score (nSPS) is 10.6. The number of allylic oxidation sites excluding steroid dienone is 1. The fourth-order valence-corrected chi connectivity index (χ4v) is 3.39. The molecule has 1 heterocycles.